The fourth-order valence-corrected chi connectivity index (χ4v) is 3.40. The molecular weight excluding hydrogens is 368 g/mol. The van der Waals surface area contributed by atoms with Gasteiger partial charge in [0.15, 0.2) is 0 Å². The quantitative estimate of drug-likeness (QED) is 0.624. The number of nitro groups is 1. The second kappa shape index (κ2) is 8.26. The SMILES string of the molecule is CCNc1cc(N2CCN(C(=O)c3ccccc3Cl)CC2)ccc1[N+](=O)[O-]. The molecule has 1 heterocycles. The Labute approximate surface area is 162 Å². The number of hydrogen-bond acceptors (Lipinski definition) is 5. The number of hydrogen-bond donors (Lipinski definition) is 1. The third kappa shape index (κ3) is 4.14. The minimum atomic E-state index is -0.387. The second-order valence-corrected chi connectivity index (χ2v) is 6.66. The van der Waals surface area contributed by atoms with E-state index in [0.717, 1.165) is 5.69 Å². The molecule has 1 fully saturated rings. The molecule has 8 heteroatoms. The highest BCUT2D eigenvalue weighted by molar-refractivity contribution is 6.33. The molecule has 2 aromatic rings. The summed E-state index contributed by atoms with van der Waals surface area (Å²) >= 11 is 6.13. The van der Waals surface area contributed by atoms with Crippen LogP contribution in [0.5, 0.6) is 0 Å². The van der Waals surface area contributed by atoms with Gasteiger partial charge in [-0.2, -0.15) is 0 Å². The van der Waals surface area contributed by atoms with Crippen LogP contribution in [0.2, 0.25) is 5.02 Å². The summed E-state index contributed by atoms with van der Waals surface area (Å²) in [5.74, 6) is -0.0720. The van der Waals surface area contributed by atoms with Crippen LogP contribution in [0, 0.1) is 10.1 Å². The highest BCUT2D eigenvalue weighted by atomic mass is 35.5. The van der Waals surface area contributed by atoms with Gasteiger partial charge in [-0.3, -0.25) is 14.9 Å². The summed E-state index contributed by atoms with van der Waals surface area (Å²) < 4.78 is 0. The van der Waals surface area contributed by atoms with E-state index in [4.69, 9.17) is 11.6 Å². The molecule has 7 nitrogen and oxygen atoms in total. The third-order valence-electron chi connectivity index (χ3n) is 4.58. The number of amides is 1. The maximum Gasteiger partial charge on any atom is 0.292 e. The van der Waals surface area contributed by atoms with Crippen LogP contribution in [-0.2, 0) is 0 Å². The Kier molecular flexibility index (Phi) is 5.81. The number of nitrogens with zero attached hydrogens (tertiary/aromatic N) is 3. The summed E-state index contributed by atoms with van der Waals surface area (Å²) in [5.41, 5.74) is 1.99. The number of carbonyl (C=O) groups is 1. The molecule has 1 aliphatic rings. The first kappa shape index (κ1) is 19.0. The average Bonchev–Trinajstić information content (AvgIpc) is 2.68. The Morgan fingerprint density at radius 3 is 2.52 bits per heavy atom. The smallest absolute Gasteiger partial charge is 0.292 e. The Hall–Kier alpha value is -2.80. The summed E-state index contributed by atoms with van der Waals surface area (Å²) in [6, 6.07) is 12.1. The summed E-state index contributed by atoms with van der Waals surface area (Å²) in [6.07, 6.45) is 0. The van der Waals surface area contributed by atoms with E-state index < -0.39 is 0 Å². The van der Waals surface area contributed by atoms with Crippen molar-refractivity contribution in [3.05, 3.63) is 63.2 Å². The van der Waals surface area contributed by atoms with Crippen molar-refractivity contribution in [1.29, 1.82) is 0 Å². The minimum absolute atomic E-state index is 0.0631. The van der Waals surface area contributed by atoms with Crippen LogP contribution in [0.3, 0.4) is 0 Å². The molecule has 142 valence electrons. The average molecular weight is 389 g/mol. The van der Waals surface area contributed by atoms with Gasteiger partial charge in [-0.05, 0) is 31.2 Å². The van der Waals surface area contributed by atoms with Gasteiger partial charge < -0.3 is 15.1 Å². The number of nitro benzene ring substituents is 1. The predicted molar refractivity (Wildman–Crippen MR) is 107 cm³/mol. The molecule has 0 saturated carbocycles. The van der Waals surface area contributed by atoms with Crippen LogP contribution in [-0.4, -0.2) is 48.5 Å². The number of piperazine rings is 1. The number of benzene rings is 2. The molecule has 1 aliphatic heterocycles. The van der Waals surface area contributed by atoms with Crippen LogP contribution in [0.1, 0.15) is 17.3 Å². The largest absolute Gasteiger partial charge is 0.380 e. The zero-order chi connectivity index (χ0) is 19.4. The molecule has 0 aliphatic carbocycles. The van der Waals surface area contributed by atoms with E-state index in [1.165, 1.54) is 6.07 Å². The van der Waals surface area contributed by atoms with Gasteiger partial charge in [0.2, 0.25) is 0 Å². The standard InChI is InChI=1S/C19H21ClN4O3/c1-2-21-17-13-14(7-8-18(17)24(26)27)22-9-11-23(12-10-22)19(25)15-5-3-4-6-16(15)20/h3-8,13,21H,2,9-12H2,1H3. The molecular formula is C19H21ClN4O3. The fourth-order valence-electron chi connectivity index (χ4n) is 3.18. The molecule has 1 N–H and O–H groups in total. The first-order valence-corrected chi connectivity index (χ1v) is 9.20. The van der Waals surface area contributed by atoms with Crippen molar-refractivity contribution in [2.45, 2.75) is 6.92 Å². The van der Waals surface area contributed by atoms with Gasteiger partial charge in [0.25, 0.3) is 11.6 Å². The van der Waals surface area contributed by atoms with Gasteiger partial charge in [0.05, 0.1) is 15.5 Å². The predicted octanol–water partition coefficient (Wildman–Crippen LogP) is 3.64. The molecule has 0 atom stereocenters. The summed E-state index contributed by atoms with van der Waals surface area (Å²) in [6.45, 7) is 4.94. The lowest BCUT2D eigenvalue weighted by molar-refractivity contribution is -0.383. The maximum atomic E-state index is 12.7. The Morgan fingerprint density at radius 2 is 1.89 bits per heavy atom. The lowest BCUT2D eigenvalue weighted by Crippen LogP contribution is -2.48. The van der Waals surface area contributed by atoms with Crippen molar-refractivity contribution in [1.82, 2.24) is 4.90 Å². The molecule has 0 radical (unpaired) electrons. The van der Waals surface area contributed by atoms with Gasteiger partial charge in [-0.25, -0.2) is 0 Å². The van der Waals surface area contributed by atoms with Crippen molar-refractivity contribution in [2.75, 3.05) is 42.9 Å². The Balaban J connectivity index is 1.70. The number of rotatable bonds is 5. The van der Waals surface area contributed by atoms with Crippen molar-refractivity contribution in [3.63, 3.8) is 0 Å². The van der Waals surface area contributed by atoms with Crippen LogP contribution in [0.4, 0.5) is 17.1 Å². The number of carbonyl (C=O) groups excluding carboxylic acids is 1. The fraction of sp³-hybridized carbons (Fsp3) is 0.316. The van der Waals surface area contributed by atoms with Gasteiger partial charge in [-0.15, -0.1) is 0 Å². The summed E-state index contributed by atoms with van der Waals surface area (Å²) in [4.78, 5) is 27.3. The normalized spacial score (nSPS) is 14.1. The number of halogens is 1. The molecule has 0 spiro atoms. The Bertz CT molecular complexity index is 851. The van der Waals surface area contributed by atoms with Gasteiger partial charge >= 0.3 is 0 Å². The molecule has 2 aromatic carbocycles. The lowest BCUT2D eigenvalue weighted by Gasteiger charge is -2.36. The van der Waals surface area contributed by atoms with Gasteiger partial charge in [0, 0.05) is 44.5 Å². The first-order valence-electron chi connectivity index (χ1n) is 8.82. The van der Waals surface area contributed by atoms with Crippen LogP contribution >= 0.6 is 11.6 Å². The van der Waals surface area contributed by atoms with Crippen LogP contribution in [0.25, 0.3) is 0 Å². The van der Waals surface area contributed by atoms with Crippen molar-refractivity contribution < 1.29 is 9.72 Å². The van der Waals surface area contributed by atoms with Gasteiger partial charge in [-0.1, -0.05) is 23.7 Å². The topological polar surface area (TPSA) is 78.7 Å². The van der Waals surface area contributed by atoms with E-state index in [-0.39, 0.29) is 16.5 Å². The van der Waals surface area contributed by atoms with Crippen molar-refractivity contribution in [2.24, 2.45) is 0 Å². The van der Waals surface area contributed by atoms with E-state index in [9.17, 15) is 14.9 Å². The van der Waals surface area contributed by atoms with Gasteiger partial charge in [0.1, 0.15) is 5.69 Å². The van der Waals surface area contributed by atoms with Crippen molar-refractivity contribution in [3.8, 4) is 0 Å². The van der Waals surface area contributed by atoms with E-state index >= 15 is 0 Å². The zero-order valence-electron chi connectivity index (χ0n) is 15.0. The molecule has 1 amide bonds. The minimum Gasteiger partial charge on any atom is -0.380 e. The molecule has 0 unspecified atom stereocenters. The Morgan fingerprint density at radius 1 is 1.19 bits per heavy atom. The molecule has 3 rings (SSSR count). The highest BCUT2D eigenvalue weighted by Crippen LogP contribution is 2.30. The van der Waals surface area contributed by atoms with E-state index in [1.54, 1.807) is 41.3 Å². The number of anilines is 2. The first-order chi connectivity index (χ1) is 13.0. The summed E-state index contributed by atoms with van der Waals surface area (Å²) in [7, 11) is 0. The third-order valence-corrected chi connectivity index (χ3v) is 4.91. The van der Waals surface area contributed by atoms with E-state index in [1.807, 2.05) is 6.92 Å². The molecule has 0 bridgehead atoms. The van der Waals surface area contributed by atoms with Crippen LogP contribution < -0.4 is 10.2 Å². The lowest BCUT2D eigenvalue weighted by atomic mass is 10.1. The second-order valence-electron chi connectivity index (χ2n) is 6.25. The number of nitrogens with one attached hydrogen (secondary N) is 1. The maximum absolute atomic E-state index is 12.7. The summed E-state index contributed by atoms with van der Waals surface area (Å²) in [5, 5.41) is 14.7. The van der Waals surface area contributed by atoms with Crippen molar-refractivity contribution >= 4 is 34.6 Å². The van der Waals surface area contributed by atoms with Crippen LogP contribution in [0.15, 0.2) is 42.5 Å². The molecule has 0 aromatic heterocycles. The monoisotopic (exact) mass is 388 g/mol. The highest BCUT2D eigenvalue weighted by Gasteiger charge is 2.24. The molecule has 1 saturated heterocycles. The van der Waals surface area contributed by atoms with E-state index in [0.29, 0.717) is 49.0 Å². The molecule has 27 heavy (non-hydrogen) atoms. The zero-order valence-corrected chi connectivity index (χ0v) is 15.8. The van der Waals surface area contributed by atoms with E-state index in [2.05, 4.69) is 10.2 Å².